The van der Waals surface area contributed by atoms with Gasteiger partial charge in [-0.15, -0.1) is 11.3 Å². The number of thiazole rings is 1. The van der Waals surface area contributed by atoms with Crippen LogP contribution < -0.4 is 5.32 Å². The highest BCUT2D eigenvalue weighted by atomic mass is 32.1. The minimum Gasteiger partial charge on any atom is -0.451 e. The molecule has 0 aliphatic carbocycles. The van der Waals surface area contributed by atoms with Crippen LogP contribution in [0.3, 0.4) is 0 Å². The summed E-state index contributed by atoms with van der Waals surface area (Å²) in [5, 5.41) is 3.04. The van der Waals surface area contributed by atoms with E-state index in [1.807, 2.05) is 0 Å². The van der Waals surface area contributed by atoms with Crippen molar-refractivity contribution in [1.82, 2.24) is 10.3 Å². The first-order valence-electron chi connectivity index (χ1n) is 8.34. The average molecular weight is 402 g/mol. The van der Waals surface area contributed by atoms with Gasteiger partial charge in [0.1, 0.15) is 21.5 Å². The summed E-state index contributed by atoms with van der Waals surface area (Å²) in [6.07, 6.45) is 0. The number of carbonyl (C=O) groups excluding carboxylic acids is 2. The zero-order valence-electron chi connectivity index (χ0n) is 14.9. The van der Waals surface area contributed by atoms with Crippen LogP contribution in [0.4, 0.5) is 8.78 Å². The van der Waals surface area contributed by atoms with Gasteiger partial charge in [0.25, 0.3) is 5.91 Å². The predicted octanol–water partition coefficient (Wildman–Crippen LogP) is 3.87. The highest BCUT2D eigenvalue weighted by Crippen LogP contribution is 2.28. The quantitative estimate of drug-likeness (QED) is 0.636. The molecule has 0 radical (unpaired) electrons. The monoisotopic (exact) mass is 402 g/mol. The molecule has 1 heterocycles. The van der Waals surface area contributed by atoms with Crippen molar-refractivity contribution < 1.29 is 23.1 Å². The van der Waals surface area contributed by atoms with E-state index >= 15 is 0 Å². The topological polar surface area (TPSA) is 68.3 Å². The Kier molecular flexibility index (Phi) is 6.10. The van der Waals surface area contributed by atoms with Crippen molar-refractivity contribution in [2.75, 3.05) is 6.61 Å². The highest BCUT2D eigenvalue weighted by Gasteiger charge is 2.18. The predicted molar refractivity (Wildman–Crippen MR) is 101 cm³/mol. The van der Waals surface area contributed by atoms with E-state index in [-0.39, 0.29) is 17.2 Å². The van der Waals surface area contributed by atoms with Gasteiger partial charge in [0, 0.05) is 17.7 Å². The van der Waals surface area contributed by atoms with Crippen molar-refractivity contribution in [2.24, 2.45) is 0 Å². The smallest absolute Gasteiger partial charge is 0.350 e. The molecule has 3 rings (SSSR count). The molecular formula is C20H16F2N2O3S. The van der Waals surface area contributed by atoms with Gasteiger partial charge < -0.3 is 10.1 Å². The lowest BCUT2D eigenvalue weighted by molar-refractivity contribution is -0.124. The fourth-order valence-electron chi connectivity index (χ4n) is 2.38. The molecule has 5 nitrogen and oxygen atoms in total. The fourth-order valence-corrected chi connectivity index (χ4v) is 3.35. The molecule has 144 valence electrons. The van der Waals surface area contributed by atoms with E-state index in [4.69, 9.17) is 4.74 Å². The van der Waals surface area contributed by atoms with Gasteiger partial charge >= 0.3 is 5.97 Å². The Balaban J connectivity index is 1.57. The largest absolute Gasteiger partial charge is 0.451 e. The molecule has 1 aromatic heterocycles. The van der Waals surface area contributed by atoms with Crippen molar-refractivity contribution >= 4 is 23.2 Å². The third-order valence-corrected chi connectivity index (χ3v) is 5.03. The van der Waals surface area contributed by atoms with Crippen LogP contribution in [0.15, 0.2) is 48.5 Å². The summed E-state index contributed by atoms with van der Waals surface area (Å²) < 4.78 is 31.6. The number of nitrogens with one attached hydrogen (secondary N) is 1. The molecule has 0 fully saturated rings. The van der Waals surface area contributed by atoms with Gasteiger partial charge in [0.05, 0.1) is 5.69 Å². The third kappa shape index (κ3) is 4.77. The maximum atomic E-state index is 13.5. The van der Waals surface area contributed by atoms with E-state index in [0.717, 1.165) is 11.3 Å². The molecule has 1 N–H and O–H groups in total. The molecule has 0 saturated heterocycles. The molecular weight excluding hydrogens is 386 g/mol. The van der Waals surface area contributed by atoms with Crippen LogP contribution in [0, 0.1) is 18.6 Å². The Bertz CT molecular complexity index is 1000. The molecule has 8 heteroatoms. The molecule has 28 heavy (non-hydrogen) atoms. The van der Waals surface area contributed by atoms with Gasteiger partial charge in [-0.2, -0.15) is 0 Å². The number of hydrogen-bond acceptors (Lipinski definition) is 5. The van der Waals surface area contributed by atoms with Crippen molar-refractivity contribution in [2.45, 2.75) is 13.5 Å². The molecule has 1 amide bonds. The van der Waals surface area contributed by atoms with E-state index in [1.165, 1.54) is 18.2 Å². The number of amides is 1. The van der Waals surface area contributed by atoms with E-state index in [2.05, 4.69) is 10.3 Å². The summed E-state index contributed by atoms with van der Waals surface area (Å²) in [7, 11) is 0. The number of carbonyl (C=O) groups is 2. The van der Waals surface area contributed by atoms with Gasteiger partial charge in [-0.3, -0.25) is 4.79 Å². The number of hydrogen-bond donors (Lipinski definition) is 1. The molecule has 0 atom stereocenters. The minimum absolute atomic E-state index is 0.00262. The summed E-state index contributed by atoms with van der Waals surface area (Å²) in [5.41, 5.74) is 1.47. The highest BCUT2D eigenvalue weighted by molar-refractivity contribution is 7.17. The van der Waals surface area contributed by atoms with Gasteiger partial charge in [0.15, 0.2) is 6.61 Å². The Morgan fingerprint density at radius 1 is 1.11 bits per heavy atom. The second kappa shape index (κ2) is 8.71. The van der Waals surface area contributed by atoms with E-state index in [9.17, 15) is 18.4 Å². The summed E-state index contributed by atoms with van der Waals surface area (Å²) in [6, 6.07) is 11.8. The minimum atomic E-state index is -0.676. The molecule has 0 saturated carbocycles. The number of ether oxygens (including phenoxy) is 1. The van der Waals surface area contributed by atoms with E-state index < -0.39 is 24.3 Å². The molecule has 0 bridgehead atoms. The average Bonchev–Trinajstić information content (AvgIpc) is 3.07. The maximum absolute atomic E-state index is 13.5. The standard InChI is InChI=1S/C20H16F2N2O3S/c1-12-18(28-19(24-12)13-6-8-15(21)9-7-13)20(26)27-11-17(25)23-10-14-4-2-3-5-16(14)22/h2-9H,10-11H2,1H3,(H,23,25). The molecule has 0 aliphatic heterocycles. The van der Waals surface area contributed by atoms with Gasteiger partial charge in [-0.05, 0) is 37.3 Å². The van der Waals surface area contributed by atoms with Crippen LogP contribution in [-0.2, 0) is 16.1 Å². The van der Waals surface area contributed by atoms with E-state index in [0.29, 0.717) is 21.8 Å². The maximum Gasteiger partial charge on any atom is 0.350 e. The normalized spacial score (nSPS) is 10.5. The number of benzene rings is 2. The van der Waals surface area contributed by atoms with Gasteiger partial charge in [0.2, 0.25) is 0 Å². The Hall–Kier alpha value is -3.13. The first-order valence-corrected chi connectivity index (χ1v) is 9.16. The van der Waals surface area contributed by atoms with Crippen LogP contribution in [0.2, 0.25) is 0 Å². The SMILES string of the molecule is Cc1nc(-c2ccc(F)cc2)sc1C(=O)OCC(=O)NCc1ccccc1F. The lowest BCUT2D eigenvalue weighted by Crippen LogP contribution is -2.28. The molecule has 2 aromatic carbocycles. The van der Waals surface area contributed by atoms with Crippen LogP contribution in [0.25, 0.3) is 10.6 Å². The number of esters is 1. The summed E-state index contributed by atoms with van der Waals surface area (Å²) in [5.74, 6) is -2.01. The van der Waals surface area contributed by atoms with Crippen molar-refractivity contribution in [3.05, 3.63) is 76.3 Å². The van der Waals surface area contributed by atoms with E-state index in [1.54, 1.807) is 37.3 Å². The van der Waals surface area contributed by atoms with Gasteiger partial charge in [-0.25, -0.2) is 18.6 Å². The fraction of sp³-hybridized carbons (Fsp3) is 0.150. The number of halogens is 2. The summed E-state index contributed by atoms with van der Waals surface area (Å²) in [4.78, 5) is 28.7. The zero-order valence-corrected chi connectivity index (χ0v) is 15.7. The Morgan fingerprint density at radius 2 is 1.82 bits per heavy atom. The van der Waals surface area contributed by atoms with Crippen LogP contribution >= 0.6 is 11.3 Å². The molecule has 0 spiro atoms. The van der Waals surface area contributed by atoms with Crippen molar-refractivity contribution in [3.63, 3.8) is 0 Å². The number of rotatable bonds is 6. The lowest BCUT2D eigenvalue weighted by Gasteiger charge is -2.07. The molecule has 3 aromatic rings. The van der Waals surface area contributed by atoms with Crippen molar-refractivity contribution in [1.29, 1.82) is 0 Å². The Morgan fingerprint density at radius 3 is 2.54 bits per heavy atom. The number of aryl methyl sites for hydroxylation is 1. The first kappa shape index (κ1) is 19.6. The molecule has 0 aliphatic rings. The summed E-state index contributed by atoms with van der Waals surface area (Å²) in [6.45, 7) is 1.16. The van der Waals surface area contributed by atoms with Crippen molar-refractivity contribution in [3.8, 4) is 10.6 Å². The van der Waals surface area contributed by atoms with Crippen LogP contribution in [-0.4, -0.2) is 23.5 Å². The zero-order chi connectivity index (χ0) is 20.1. The number of nitrogens with zero attached hydrogens (tertiary/aromatic N) is 1. The molecule has 0 unspecified atom stereocenters. The second-order valence-electron chi connectivity index (χ2n) is 5.88. The van der Waals surface area contributed by atoms with Crippen LogP contribution in [0.5, 0.6) is 0 Å². The Labute approximate surface area is 164 Å². The second-order valence-corrected chi connectivity index (χ2v) is 6.88. The summed E-state index contributed by atoms with van der Waals surface area (Å²) >= 11 is 1.10. The lowest BCUT2D eigenvalue weighted by atomic mass is 10.2. The first-order chi connectivity index (χ1) is 13.4. The number of aromatic nitrogens is 1. The van der Waals surface area contributed by atoms with Gasteiger partial charge in [-0.1, -0.05) is 18.2 Å². The third-order valence-electron chi connectivity index (χ3n) is 3.84. The van der Waals surface area contributed by atoms with Crippen LogP contribution in [0.1, 0.15) is 20.9 Å².